The van der Waals surface area contributed by atoms with Crippen molar-refractivity contribution >= 4 is 18.1 Å². The zero-order valence-corrected chi connectivity index (χ0v) is 15.5. The van der Waals surface area contributed by atoms with E-state index in [1.54, 1.807) is 6.07 Å². The SMILES string of the molecule is O=C(O)c1ccc2c(c1=c1cccc3c1=Cc1ccccc1-3)=Cc1ccccc1-2. The van der Waals surface area contributed by atoms with Gasteiger partial charge in [-0.3, -0.25) is 0 Å². The topological polar surface area (TPSA) is 37.3 Å². The van der Waals surface area contributed by atoms with Crippen molar-refractivity contribution in [1.29, 1.82) is 0 Å². The normalized spacial score (nSPS) is 13.5. The molecule has 1 N–H and O–H groups in total. The highest BCUT2D eigenvalue weighted by atomic mass is 16.4. The Kier molecular flexibility index (Phi) is 3.21. The molecule has 0 aromatic heterocycles. The van der Waals surface area contributed by atoms with Crippen LogP contribution in [0.25, 0.3) is 34.4 Å². The number of aromatic carboxylic acids is 1. The molecule has 0 spiro atoms. The van der Waals surface area contributed by atoms with Gasteiger partial charge in [-0.25, -0.2) is 4.79 Å². The van der Waals surface area contributed by atoms with Gasteiger partial charge in [0, 0.05) is 5.22 Å². The fourth-order valence-corrected chi connectivity index (χ4v) is 4.69. The number of carboxylic acid groups (broad SMARTS) is 1. The molecule has 0 heterocycles. The second-order valence-corrected chi connectivity index (χ2v) is 7.48. The van der Waals surface area contributed by atoms with E-state index in [1.807, 2.05) is 42.5 Å². The molecule has 4 aromatic rings. The lowest BCUT2D eigenvalue weighted by Gasteiger charge is -2.05. The molecular formula is C27H16O2. The van der Waals surface area contributed by atoms with E-state index in [-0.39, 0.29) is 0 Å². The Bertz CT molecular complexity index is 1580. The number of benzene rings is 4. The molecule has 0 saturated heterocycles. The van der Waals surface area contributed by atoms with Gasteiger partial charge < -0.3 is 5.11 Å². The maximum Gasteiger partial charge on any atom is 0.336 e. The molecule has 6 rings (SSSR count). The number of hydrogen-bond donors (Lipinski definition) is 1. The second-order valence-electron chi connectivity index (χ2n) is 7.48. The van der Waals surface area contributed by atoms with Crippen LogP contribution in [0.1, 0.15) is 21.5 Å². The Hall–Kier alpha value is -3.91. The summed E-state index contributed by atoms with van der Waals surface area (Å²) in [6.45, 7) is 0. The first kappa shape index (κ1) is 16.1. The summed E-state index contributed by atoms with van der Waals surface area (Å²) in [5, 5.41) is 13.8. The summed E-state index contributed by atoms with van der Waals surface area (Å²) in [5.41, 5.74) is 7.24. The van der Waals surface area contributed by atoms with Crippen molar-refractivity contribution in [3.05, 3.63) is 116 Å². The van der Waals surface area contributed by atoms with Crippen molar-refractivity contribution in [1.82, 2.24) is 0 Å². The van der Waals surface area contributed by atoms with Gasteiger partial charge in [-0.05, 0) is 67.3 Å². The largest absolute Gasteiger partial charge is 0.478 e. The van der Waals surface area contributed by atoms with Crippen molar-refractivity contribution in [3.63, 3.8) is 0 Å². The van der Waals surface area contributed by atoms with Crippen LogP contribution in [-0.2, 0) is 0 Å². The first-order valence-electron chi connectivity index (χ1n) is 9.64. The summed E-state index contributed by atoms with van der Waals surface area (Å²) < 4.78 is 0. The predicted molar refractivity (Wildman–Crippen MR) is 115 cm³/mol. The summed E-state index contributed by atoms with van der Waals surface area (Å²) in [5.74, 6) is -0.903. The van der Waals surface area contributed by atoms with Gasteiger partial charge in [0.15, 0.2) is 0 Å². The van der Waals surface area contributed by atoms with Crippen molar-refractivity contribution in [2.24, 2.45) is 0 Å². The molecule has 0 atom stereocenters. The van der Waals surface area contributed by atoms with Crippen molar-refractivity contribution < 1.29 is 9.90 Å². The fraction of sp³-hybridized carbons (Fsp3) is 0. The highest BCUT2D eigenvalue weighted by Crippen LogP contribution is 2.28. The number of carbonyl (C=O) groups is 1. The Morgan fingerprint density at radius 3 is 1.86 bits per heavy atom. The van der Waals surface area contributed by atoms with Gasteiger partial charge in [-0.1, -0.05) is 72.8 Å². The average molecular weight is 372 g/mol. The zero-order valence-electron chi connectivity index (χ0n) is 15.5. The third kappa shape index (κ3) is 2.20. The molecule has 4 aromatic carbocycles. The van der Waals surface area contributed by atoms with Crippen LogP contribution in [-0.4, -0.2) is 11.1 Å². The van der Waals surface area contributed by atoms with Crippen LogP contribution >= 0.6 is 0 Å². The van der Waals surface area contributed by atoms with Crippen LogP contribution in [0.4, 0.5) is 0 Å². The van der Waals surface area contributed by atoms with Crippen LogP contribution in [0.3, 0.4) is 0 Å². The molecule has 0 radical (unpaired) electrons. The van der Waals surface area contributed by atoms with Crippen LogP contribution in [0.5, 0.6) is 0 Å². The van der Waals surface area contributed by atoms with Crippen LogP contribution in [0.2, 0.25) is 0 Å². The first-order chi connectivity index (χ1) is 14.2. The third-order valence-electron chi connectivity index (χ3n) is 5.95. The van der Waals surface area contributed by atoms with E-state index in [4.69, 9.17) is 0 Å². The summed E-state index contributed by atoms with van der Waals surface area (Å²) in [6, 6.07) is 26.4. The van der Waals surface area contributed by atoms with E-state index in [2.05, 4.69) is 42.5 Å². The van der Waals surface area contributed by atoms with Crippen LogP contribution in [0, 0.1) is 10.4 Å². The molecule has 0 bridgehead atoms. The maximum absolute atomic E-state index is 12.2. The quantitative estimate of drug-likeness (QED) is 0.468. The molecule has 0 fully saturated rings. The fourth-order valence-electron chi connectivity index (χ4n) is 4.69. The van der Waals surface area contributed by atoms with E-state index in [9.17, 15) is 9.90 Å². The summed E-state index contributed by atoms with van der Waals surface area (Å²) in [6.07, 6.45) is 4.29. The first-order valence-corrected chi connectivity index (χ1v) is 9.64. The maximum atomic E-state index is 12.2. The predicted octanol–water partition coefficient (Wildman–Crippen LogP) is 4.29. The molecule has 0 amide bonds. The molecule has 2 nitrogen and oxygen atoms in total. The van der Waals surface area contributed by atoms with E-state index < -0.39 is 5.97 Å². The van der Waals surface area contributed by atoms with Crippen molar-refractivity contribution in [2.75, 3.05) is 0 Å². The minimum absolute atomic E-state index is 0.338. The lowest BCUT2D eigenvalue weighted by Crippen LogP contribution is -2.15. The van der Waals surface area contributed by atoms with Gasteiger partial charge in [-0.15, -0.1) is 0 Å². The Morgan fingerprint density at radius 1 is 0.586 bits per heavy atom. The minimum atomic E-state index is -0.903. The van der Waals surface area contributed by atoms with E-state index in [1.165, 1.54) is 11.1 Å². The van der Waals surface area contributed by atoms with E-state index in [0.29, 0.717) is 5.56 Å². The highest BCUT2D eigenvalue weighted by Gasteiger charge is 2.18. The molecule has 2 aliphatic carbocycles. The van der Waals surface area contributed by atoms with Gasteiger partial charge in [-0.2, -0.15) is 0 Å². The number of fused-ring (bicyclic) bond motifs is 6. The van der Waals surface area contributed by atoms with Gasteiger partial charge in [0.1, 0.15) is 0 Å². The van der Waals surface area contributed by atoms with Gasteiger partial charge in [0.25, 0.3) is 0 Å². The second kappa shape index (κ2) is 5.79. The van der Waals surface area contributed by atoms with Gasteiger partial charge in [0.2, 0.25) is 0 Å². The van der Waals surface area contributed by atoms with Crippen molar-refractivity contribution in [2.45, 2.75) is 0 Å². The molecule has 136 valence electrons. The molecule has 0 aliphatic heterocycles. The summed E-state index contributed by atoms with van der Waals surface area (Å²) in [7, 11) is 0. The molecule has 2 aliphatic rings. The Labute approximate surface area is 167 Å². The minimum Gasteiger partial charge on any atom is -0.478 e. The Morgan fingerprint density at radius 2 is 1.17 bits per heavy atom. The third-order valence-corrected chi connectivity index (χ3v) is 5.95. The van der Waals surface area contributed by atoms with Crippen molar-refractivity contribution in [3.8, 4) is 22.3 Å². The van der Waals surface area contributed by atoms with E-state index in [0.717, 1.165) is 43.1 Å². The summed E-state index contributed by atoms with van der Waals surface area (Å²) in [4.78, 5) is 12.2. The monoisotopic (exact) mass is 372 g/mol. The zero-order chi connectivity index (χ0) is 19.5. The lowest BCUT2D eigenvalue weighted by atomic mass is 9.99. The Balaban J connectivity index is 1.88. The van der Waals surface area contributed by atoms with Crippen LogP contribution in [0.15, 0.2) is 78.9 Å². The van der Waals surface area contributed by atoms with Gasteiger partial charge >= 0.3 is 5.97 Å². The standard InChI is InChI=1S/C27H16O2/c28-27(29)23-13-12-21-19-9-4-2-7-17(19)15-25(21)26(23)22-11-5-10-20-18-8-3-1-6-16(18)14-24(20)22/h1-15H,(H,28,29). The highest BCUT2D eigenvalue weighted by molar-refractivity contribution is 5.92. The molecule has 0 unspecified atom stereocenters. The number of carboxylic acids is 1. The van der Waals surface area contributed by atoms with E-state index >= 15 is 0 Å². The average Bonchev–Trinajstić information content (AvgIpc) is 3.31. The molecule has 29 heavy (non-hydrogen) atoms. The number of hydrogen-bond acceptors (Lipinski definition) is 1. The molecule has 0 saturated carbocycles. The molecule has 2 heteroatoms. The number of rotatable bonds is 1. The smallest absolute Gasteiger partial charge is 0.336 e. The van der Waals surface area contributed by atoms with Gasteiger partial charge in [0.05, 0.1) is 5.56 Å². The lowest BCUT2D eigenvalue weighted by molar-refractivity contribution is 0.0696. The molecular weight excluding hydrogens is 356 g/mol. The summed E-state index contributed by atoms with van der Waals surface area (Å²) >= 11 is 0. The van der Waals surface area contributed by atoms with Crippen LogP contribution < -0.4 is 10.4 Å².